The molecule has 3 aromatic rings. The van der Waals surface area contributed by atoms with Gasteiger partial charge >= 0.3 is 0 Å². The predicted molar refractivity (Wildman–Crippen MR) is 99.3 cm³/mol. The lowest BCUT2D eigenvalue weighted by Gasteiger charge is -2.08. The Bertz CT molecular complexity index is 852. The molecule has 0 aromatic carbocycles. The zero-order valence-corrected chi connectivity index (χ0v) is 15.3. The fraction of sp³-hybridized carbons (Fsp3) is 0.188. The van der Waals surface area contributed by atoms with Crippen LogP contribution in [0.3, 0.4) is 0 Å². The van der Waals surface area contributed by atoms with Crippen molar-refractivity contribution in [3.05, 3.63) is 51.8 Å². The third-order valence-electron chi connectivity index (χ3n) is 3.17. The maximum Gasteiger partial charge on any atom is 0.226 e. The number of nitrogens with one attached hydrogen (secondary N) is 2. The zero-order valence-electron chi connectivity index (χ0n) is 13.0. The molecule has 0 aliphatic carbocycles. The van der Waals surface area contributed by atoms with Crippen LogP contribution in [0.2, 0.25) is 10.0 Å². The Morgan fingerprint density at radius 1 is 1.32 bits per heavy atom. The van der Waals surface area contributed by atoms with E-state index in [1.807, 2.05) is 11.4 Å². The van der Waals surface area contributed by atoms with Gasteiger partial charge in [0.2, 0.25) is 5.91 Å². The second-order valence-corrected chi connectivity index (χ2v) is 6.76. The molecule has 6 nitrogen and oxygen atoms in total. The van der Waals surface area contributed by atoms with Gasteiger partial charge in [-0.15, -0.1) is 11.3 Å². The lowest BCUT2D eigenvalue weighted by Crippen LogP contribution is -2.30. The maximum absolute atomic E-state index is 12.0. The summed E-state index contributed by atoms with van der Waals surface area (Å²) in [5.74, 6) is 1.13. The van der Waals surface area contributed by atoms with Crippen LogP contribution in [-0.4, -0.2) is 29.0 Å². The molecule has 9 heteroatoms. The van der Waals surface area contributed by atoms with Crippen molar-refractivity contribution in [2.45, 2.75) is 6.42 Å². The minimum Gasteiger partial charge on any atom is -0.462 e. The van der Waals surface area contributed by atoms with E-state index in [0.29, 0.717) is 40.4 Å². The molecule has 0 aliphatic rings. The molecule has 0 saturated heterocycles. The number of amides is 1. The van der Waals surface area contributed by atoms with Crippen molar-refractivity contribution < 1.29 is 9.21 Å². The van der Waals surface area contributed by atoms with Gasteiger partial charge in [-0.05, 0) is 18.2 Å². The SMILES string of the molecule is O=C(Cc1csc(-c2ccco2)n1)NCCNc1ncc(Cl)cc1Cl. The molecule has 130 valence electrons. The highest BCUT2D eigenvalue weighted by Crippen LogP contribution is 2.24. The molecule has 3 heterocycles. The quantitative estimate of drug-likeness (QED) is 0.592. The molecule has 0 atom stereocenters. The fourth-order valence-electron chi connectivity index (χ4n) is 2.06. The second kappa shape index (κ2) is 8.33. The van der Waals surface area contributed by atoms with E-state index >= 15 is 0 Å². The Hall–Kier alpha value is -2.09. The number of halogens is 2. The maximum atomic E-state index is 12.0. The van der Waals surface area contributed by atoms with Gasteiger partial charge < -0.3 is 15.1 Å². The molecule has 1 amide bonds. The van der Waals surface area contributed by atoms with E-state index in [4.69, 9.17) is 27.6 Å². The highest BCUT2D eigenvalue weighted by Gasteiger charge is 2.10. The molecule has 0 spiro atoms. The van der Waals surface area contributed by atoms with E-state index in [1.165, 1.54) is 17.5 Å². The van der Waals surface area contributed by atoms with E-state index in [0.717, 1.165) is 5.01 Å². The number of nitrogens with zero attached hydrogens (tertiary/aromatic N) is 2. The minimum absolute atomic E-state index is 0.103. The average Bonchev–Trinajstić information content (AvgIpc) is 3.24. The number of thiazole rings is 1. The van der Waals surface area contributed by atoms with Crippen LogP contribution >= 0.6 is 34.5 Å². The number of furan rings is 1. The summed E-state index contributed by atoms with van der Waals surface area (Å²) in [5.41, 5.74) is 0.712. The van der Waals surface area contributed by atoms with Crippen molar-refractivity contribution in [3.8, 4) is 10.8 Å². The topological polar surface area (TPSA) is 80.0 Å². The monoisotopic (exact) mass is 396 g/mol. The number of aromatic nitrogens is 2. The molecular formula is C16H14Cl2N4O2S. The lowest BCUT2D eigenvalue weighted by molar-refractivity contribution is -0.120. The van der Waals surface area contributed by atoms with Crippen LogP contribution in [0.4, 0.5) is 5.82 Å². The molecule has 0 fully saturated rings. The fourth-order valence-corrected chi connectivity index (χ4v) is 3.29. The van der Waals surface area contributed by atoms with Crippen LogP contribution in [0.5, 0.6) is 0 Å². The van der Waals surface area contributed by atoms with Crippen LogP contribution in [0.15, 0.2) is 40.5 Å². The summed E-state index contributed by atoms with van der Waals surface area (Å²) in [7, 11) is 0. The first-order valence-corrected chi connectivity index (χ1v) is 9.05. The van der Waals surface area contributed by atoms with Crippen LogP contribution in [0.1, 0.15) is 5.69 Å². The first-order chi connectivity index (χ1) is 12.1. The highest BCUT2D eigenvalue weighted by atomic mass is 35.5. The predicted octanol–water partition coefficient (Wildman–Crippen LogP) is 3.88. The minimum atomic E-state index is -0.103. The van der Waals surface area contributed by atoms with Crippen molar-refractivity contribution in [2.75, 3.05) is 18.4 Å². The van der Waals surface area contributed by atoms with Crippen LogP contribution in [-0.2, 0) is 11.2 Å². The number of carbonyl (C=O) groups excluding carboxylic acids is 1. The molecule has 3 rings (SSSR count). The Labute approximate surface area is 158 Å². The normalized spacial score (nSPS) is 10.6. The van der Waals surface area contributed by atoms with Crippen molar-refractivity contribution in [3.63, 3.8) is 0 Å². The molecule has 0 saturated carbocycles. The van der Waals surface area contributed by atoms with Gasteiger partial charge in [-0.3, -0.25) is 4.79 Å². The summed E-state index contributed by atoms with van der Waals surface area (Å²) in [6.07, 6.45) is 3.32. The summed E-state index contributed by atoms with van der Waals surface area (Å²) in [6, 6.07) is 5.25. The van der Waals surface area contributed by atoms with E-state index in [-0.39, 0.29) is 12.3 Å². The smallest absolute Gasteiger partial charge is 0.226 e. The van der Waals surface area contributed by atoms with E-state index in [9.17, 15) is 4.79 Å². The number of pyridine rings is 1. The lowest BCUT2D eigenvalue weighted by atomic mass is 10.3. The van der Waals surface area contributed by atoms with Crippen LogP contribution < -0.4 is 10.6 Å². The first-order valence-electron chi connectivity index (χ1n) is 7.42. The third kappa shape index (κ3) is 4.94. The standard InChI is InChI=1S/C16H14Cl2N4O2S/c17-10-6-12(18)15(21-8-10)20-4-3-19-14(23)7-11-9-25-16(22-11)13-2-1-5-24-13/h1-2,5-6,8-9H,3-4,7H2,(H,19,23)(H,20,21). The summed E-state index contributed by atoms with van der Waals surface area (Å²) >= 11 is 13.2. The van der Waals surface area contributed by atoms with Crippen LogP contribution in [0.25, 0.3) is 10.8 Å². The van der Waals surface area contributed by atoms with Gasteiger partial charge in [0, 0.05) is 24.7 Å². The second-order valence-electron chi connectivity index (χ2n) is 5.06. The van der Waals surface area contributed by atoms with Crippen molar-refractivity contribution in [1.82, 2.24) is 15.3 Å². The summed E-state index contributed by atoms with van der Waals surface area (Å²) in [4.78, 5) is 20.5. The Morgan fingerprint density at radius 3 is 2.96 bits per heavy atom. The number of hydrogen-bond acceptors (Lipinski definition) is 6. The van der Waals surface area contributed by atoms with Gasteiger partial charge in [0.25, 0.3) is 0 Å². The average molecular weight is 397 g/mol. The largest absolute Gasteiger partial charge is 0.462 e. The van der Waals surface area contributed by atoms with Crippen molar-refractivity contribution in [1.29, 1.82) is 0 Å². The van der Waals surface area contributed by atoms with Gasteiger partial charge in [-0.1, -0.05) is 23.2 Å². The first kappa shape index (κ1) is 17.7. The van der Waals surface area contributed by atoms with Crippen molar-refractivity contribution in [2.24, 2.45) is 0 Å². The third-order valence-corrected chi connectivity index (χ3v) is 4.57. The molecule has 0 radical (unpaired) electrons. The van der Waals surface area contributed by atoms with Crippen molar-refractivity contribution >= 4 is 46.3 Å². The number of rotatable bonds is 7. The number of carbonyl (C=O) groups is 1. The molecule has 0 aliphatic heterocycles. The number of hydrogen-bond donors (Lipinski definition) is 2. The molecule has 0 bridgehead atoms. The van der Waals surface area contributed by atoms with Crippen LogP contribution in [0, 0.1) is 0 Å². The molecule has 0 unspecified atom stereocenters. The van der Waals surface area contributed by atoms with Gasteiger partial charge in [-0.2, -0.15) is 0 Å². The summed E-state index contributed by atoms with van der Waals surface area (Å²) in [6.45, 7) is 0.934. The van der Waals surface area contributed by atoms with E-state index in [2.05, 4.69) is 20.6 Å². The van der Waals surface area contributed by atoms with Gasteiger partial charge in [-0.25, -0.2) is 9.97 Å². The molecule has 2 N–H and O–H groups in total. The van der Waals surface area contributed by atoms with E-state index < -0.39 is 0 Å². The Balaban J connectivity index is 1.42. The Morgan fingerprint density at radius 2 is 2.20 bits per heavy atom. The Kier molecular flexibility index (Phi) is 5.91. The molecular weight excluding hydrogens is 383 g/mol. The van der Waals surface area contributed by atoms with E-state index in [1.54, 1.807) is 18.4 Å². The summed E-state index contributed by atoms with van der Waals surface area (Å²) < 4.78 is 5.29. The zero-order chi connectivity index (χ0) is 17.6. The van der Waals surface area contributed by atoms with Gasteiger partial charge in [0.05, 0.1) is 28.4 Å². The highest BCUT2D eigenvalue weighted by molar-refractivity contribution is 7.13. The molecule has 25 heavy (non-hydrogen) atoms. The summed E-state index contributed by atoms with van der Waals surface area (Å²) in [5, 5.41) is 9.38. The van der Waals surface area contributed by atoms with Gasteiger partial charge in [0.15, 0.2) is 10.8 Å². The number of anilines is 1. The molecule has 3 aromatic heterocycles. The van der Waals surface area contributed by atoms with Gasteiger partial charge in [0.1, 0.15) is 5.82 Å².